The molecule has 0 N–H and O–H groups in total. The summed E-state index contributed by atoms with van der Waals surface area (Å²) in [6.07, 6.45) is 11.2. The molecule has 1 aliphatic carbocycles. The molecule has 2 aliphatic heterocycles. The number of hydrogen-bond acceptors (Lipinski definition) is 5. The fourth-order valence-corrected chi connectivity index (χ4v) is 8.43. The van der Waals surface area contributed by atoms with Gasteiger partial charge in [0.1, 0.15) is 6.54 Å². The molecule has 0 bridgehead atoms. The van der Waals surface area contributed by atoms with Gasteiger partial charge in [-0.15, -0.1) is 10.2 Å². The van der Waals surface area contributed by atoms with Gasteiger partial charge in [0.2, 0.25) is 5.69 Å². The van der Waals surface area contributed by atoms with Gasteiger partial charge in [-0.05, 0) is 97.0 Å². The quantitative estimate of drug-likeness (QED) is 0.235. The molecule has 4 aromatic rings. The van der Waals surface area contributed by atoms with Crippen LogP contribution in [-0.2, 0) is 10.8 Å². The van der Waals surface area contributed by atoms with E-state index in [9.17, 15) is 0 Å². The molecule has 0 saturated carbocycles. The summed E-state index contributed by atoms with van der Waals surface area (Å²) >= 11 is 7.13. The highest BCUT2D eigenvalue weighted by Crippen LogP contribution is 2.51. The zero-order valence-electron chi connectivity index (χ0n) is 28.8. The second-order valence-corrected chi connectivity index (χ2v) is 14.9. The third-order valence-corrected chi connectivity index (χ3v) is 10.7. The van der Waals surface area contributed by atoms with Crippen molar-refractivity contribution in [2.45, 2.75) is 65.2 Å². The van der Waals surface area contributed by atoms with Crippen molar-refractivity contribution in [1.82, 2.24) is 0 Å². The van der Waals surface area contributed by atoms with Crippen molar-refractivity contribution in [3.05, 3.63) is 130 Å². The first kappa shape index (κ1) is 35.1. The van der Waals surface area contributed by atoms with Crippen LogP contribution < -0.4 is 23.5 Å². The van der Waals surface area contributed by atoms with E-state index in [2.05, 4.69) is 148 Å². The van der Waals surface area contributed by atoms with Crippen LogP contribution in [0.15, 0.2) is 119 Å². The molecule has 0 amide bonds. The normalized spacial score (nSPS) is 19.9. The predicted octanol–water partition coefficient (Wildman–Crippen LogP) is 6.10. The van der Waals surface area contributed by atoms with E-state index in [1.165, 1.54) is 66.6 Å². The van der Waals surface area contributed by atoms with Crippen LogP contribution in [0.4, 0.5) is 11.4 Å². The lowest BCUT2D eigenvalue weighted by atomic mass is 9.79. The second kappa shape index (κ2) is 13.2. The minimum absolute atomic E-state index is 0.103. The zero-order chi connectivity index (χ0) is 35.3. The highest BCUT2D eigenvalue weighted by atomic mass is 35.7. The largest absolute Gasteiger partial charge is 0.344 e. The molecule has 0 spiro atoms. The predicted molar refractivity (Wildman–Crippen MR) is 190 cm³/mol. The molecular formula is C41H42Cl2N2O4. The number of rotatable bonds is 5. The Morgan fingerprint density at radius 1 is 0.755 bits per heavy atom. The summed E-state index contributed by atoms with van der Waals surface area (Å²) in [6.45, 7) is 15.8. The van der Waals surface area contributed by atoms with Crippen LogP contribution in [0.5, 0.6) is 0 Å². The SMILES string of the molecule is CCN1/C(=C/C=C2\CCC(/C=C/C3=[N+](CC)c4ccc5ccccc5c4C3(C)C)=C2Cl)C(C)(C)c2c1ccc1ccccc21.[O-][Cl+3]([O-])([O-])[O-]. The molecule has 254 valence electrons. The number of anilines is 1. The van der Waals surface area contributed by atoms with E-state index >= 15 is 0 Å². The van der Waals surface area contributed by atoms with Crippen LogP contribution >= 0.6 is 11.6 Å². The fraction of sp³-hybridized carbons (Fsp3) is 0.293. The average Bonchev–Trinajstić information content (AvgIpc) is 3.60. The average molecular weight is 698 g/mol. The molecule has 0 fully saturated rings. The molecule has 49 heavy (non-hydrogen) atoms. The Bertz CT molecular complexity index is 2110. The van der Waals surface area contributed by atoms with E-state index in [1.54, 1.807) is 0 Å². The molecule has 6 nitrogen and oxygen atoms in total. The third-order valence-electron chi connectivity index (χ3n) is 10.3. The zero-order valence-corrected chi connectivity index (χ0v) is 30.4. The Labute approximate surface area is 296 Å². The van der Waals surface area contributed by atoms with Crippen LogP contribution in [0.25, 0.3) is 21.5 Å². The highest BCUT2D eigenvalue weighted by Gasteiger charge is 2.45. The first-order chi connectivity index (χ1) is 23.2. The maximum Gasteiger partial charge on any atom is 0.210 e. The van der Waals surface area contributed by atoms with Crippen molar-refractivity contribution in [3.8, 4) is 0 Å². The molecule has 0 radical (unpaired) electrons. The number of nitrogens with zero attached hydrogens (tertiary/aromatic N) is 2. The highest BCUT2D eigenvalue weighted by molar-refractivity contribution is 6.33. The molecule has 0 aromatic heterocycles. The third kappa shape index (κ3) is 6.38. The Kier molecular flexibility index (Phi) is 9.44. The van der Waals surface area contributed by atoms with Gasteiger partial charge in [-0.1, -0.05) is 92.2 Å². The lowest BCUT2D eigenvalue weighted by Crippen LogP contribution is -2.68. The second-order valence-electron chi connectivity index (χ2n) is 13.8. The number of allylic oxidation sites excluding steroid dienone is 8. The number of fused-ring (bicyclic) bond motifs is 6. The Morgan fingerprint density at radius 2 is 1.35 bits per heavy atom. The summed E-state index contributed by atoms with van der Waals surface area (Å²) in [6, 6.07) is 26.6. The van der Waals surface area contributed by atoms with E-state index < -0.39 is 10.2 Å². The molecule has 4 aromatic carbocycles. The van der Waals surface area contributed by atoms with E-state index in [1.807, 2.05) is 0 Å². The Morgan fingerprint density at radius 3 is 1.96 bits per heavy atom. The monoisotopic (exact) mass is 696 g/mol. The summed E-state index contributed by atoms with van der Waals surface area (Å²) in [4.78, 5) is 2.48. The summed E-state index contributed by atoms with van der Waals surface area (Å²) in [5, 5.41) is 6.20. The first-order valence-electron chi connectivity index (χ1n) is 16.8. The van der Waals surface area contributed by atoms with Crippen molar-refractivity contribution in [2.75, 3.05) is 18.0 Å². The van der Waals surface area contributed by atoms with Gasteiger partial charge in [-0.2, -0.15) is 4.58 Å². The van der Waals surface area contributed by atoms with Gasteiger partial charge in [0.25, 0.3) is 0 Å². The van der Waals surface area contributed by atoms with Crippen molar-refractivity contribution in [2.24, 2.45) is 0 Å². The smallest absolute Gasteiger partial charge is 0.210 e. The molecule has 0 unspecified atom stereocenters. The summed E-state index contributed by atoms with van der Waals surface area (Å²) < 4.78 is 36.5. The fourth-order valence-electron chi connectivity index (χ4n) is 8.12. The maximum absolute atomic E-state index is 8.49. The van der Waals surface area contributed by atoms with Gasteiger partial charge in [-0.3, -0.25) is 0 Å². The lowest BCUT2D eigenvalue weighted by molar-refractivity contribution is -2.00. The van der Waals surface area contributed by atoms with E-state index in [0.717, 1.165) is 31.0 Å². The number of hydrogen-bond donors (Lipinski definition) is 0. The van der Waals surface area contributed by atoms with Crippen LogP contribution in [-0.4, -0.2) is 23.4 Å². The topological polar surface area (TPSA) is 98.5 Å². The van der Waals surface area contributed by atoms with Crippen molar-refractivity contribution >= 4 is 50.2 Å². The number of benzene rings is 4. The van der Waals surface area contributed by atoms with Crippen LogP contribution in [0.3, 0.4) is 0 Å². The molecule has 0 atom stereocenters. The van der Waals surface area contributed by atoms with E-state index in [4.69, 9.17) is 30.2 Å². The van der Waals surface area contributed by atoms with Crippen molar-refractivity contribution < 1.29 is 33.5 Å². The first-order valence-corrected chi connectivity index (χ1v) is 18.4. The summed E-state index contributed by atoms with van der Waals surface area (Å²) in [7, 11) is -4.94. The molecule has 7 rings (SSSR count). The van der Waals surface area contributed by atoms with Crippen LogP contribution in [0.2, 0.25) is 0 Å². The van der Waals surface area contributed by atoms with Gasteiger partial charge in [0, 0.05) is 46.1 Å². The van der Waals surface area contributed by atoms with E-state index in [0.29, 0.717) is 0 Å². The minimum Gasteiger partial charge on any atom is -0.344 e. The standard InChI is InChI=1S/C41H42ClN2.ClHO4/c1-7-43-33-23-19-27-13-9-11-15-31(27)37(33)40(3,4)35(43)25-21-29-17-18-30(39(29)42)22-26-36-41(5,6)38-32-16-12-10-14-28(32)20-24-34(38)44(36)8-2;2-1(3,4)5/h9-16,19-26H,7-8,17-18H2,1-6H3;(H,2,3,4,5)/q+1;/p-1. The Balaban J connectivity index is 0.000000778. The van der Waals surface area contributed by atoms with Crippen LogP contribution in [0, 0.1) is 10.2 Å². The Hall–Kier alpha value is -3.75. The molecule has 3 aliphatic rings. The molecular weight excluding hydrogens is 655 g/mol. The number of likely N-dealkylation sites (N-methyl/N-ethyl adjacent to an activating group) is 1. The van der Waals surface area contributed by atoms with Crippen molar-refractivity contribution in [1.29, 1.82) is 0 Å². The summed E-state index contributed by atoms with van der Waals surface area (Å²) in [5.74, 6) is 0. The minimum atomic E-state index is -4.94. The number of halogens is 2. The van der Waals surface area contributed by atoms with Crippen LogP contribution in [0.1, 0.15) is 65.5 Å². The van der Waals surface area contributed by atoms with Gasteiger partial charge in [0.05, 0.1) is 5.41 Å². The van der Waals surface area contributed by atoms with Gasteiger partial charge in [-0.25, -0.2) is 18.6 Å². The van der Waals surface area contributed by atoms with E-state index in [-0.39, 0.29) is 10.8 Å². The maximum atomic E-state index is 8.49. The molecule has 2 heterocycles. The van der Waals surface area contributed by atoms with Crippen molar-refractivity contribution in [3.63, 3.8) is 0 Å². The van der Waals surface area contributed by atoms with Gasteiger partial charge < -0.3 is 4.90 Å². The lowest BCUT2D eigenvalue weighted by Gasteiger charge is -2.26. The van der Waals surface area contributed by atoms with Gasteiger partial charge >= 0.3 is 0 Å². The summed E-state index contributed by atoms with van der Waals surface area (Å²) in [5.41, 5.74) is 10.4. The molecule has 8 heteroatoms. The molecule has 0 saturated heterocycles. The van der Waals surface area contributed by atoms with Gasteiger partial charge in [0.15, 0.2) is 5.71 Å².